The Kier molecular flexibility index (Phi) is 7.77. The van der Waals surface area contributed by atoms with E-state index in [1.54, 1.807) is 0 Å². The fourth-order valence-corrected chi connectivity index (χ4v) is 4.44. The summed E-state index contributed by atoms with van der Waals surface area (Å²) in [5.74, 6) is -1.07. The van der Waals surface area contributed by atoms with Crippen LogP contribution in [0.25, 0.3) is 17.5 Å². The number of nitrogens with zero attached hydrogens (tertiary/aromatic N) is 7. The Labute approximate surface area is 212 Å². The van der Waals surface area contributed by atoms with Crippen LogP contribution in [-0.4, -0.2) is 95.0 Å². The van der Waals surface area contributed by atoms with E-state index in [0.717, 1.165) is 59.0 Å². The highest BCUT2D eigenvalue weighted by Crippen LogP contribution is 2.29. The largest absolute Gasteiger partial charge is 0.471 e. The molecule has 0 N–H and O–H groups in total. The third-order valence-electron chi connectivity index (χ3n) is 6.49. The van der Waals surface area contributed by atoms with Crippen molar-refractivity contribution in [3.63, 3.8) is 0 Å². The van der Waals surface area contributed by atoms with E-state index in [1.165, 1.54) is 18.0 Å². The number of hydrogen-bond acceptors (Lipinski definition) is 9. The maximum Gasteiger partial charge on any atom is 0.471 e. The van der Waals surface area contributed by atoms with E-state index in [4.69, 9.17) is 4.74 Å². The predicted octanol–water partition coefficient (Wildman–Crippen LogP) is 3.08. The van der Waals surface area contributed by atoms with Crippen LogP contribution in [0.1, 0.15) is 11.5 Å². The van der Waals surface area contributed by atoms with Gasteiger partial charge in [-0.3, -0.25) is 9.80 Å². The second-order valence-corrected chi connectivity index (χ2v) is 8.97. The van der Waals surface area contributed by atoms with Gasteiger partial charge in [0.2, 0.25) is 11.8 Å². The lowest BCUT2D eigenvalue weighted by molar-refractivity contribution is -0.159. The van der Waals surface area contributed by atoms with Crippen LogP contribution < -0.4 is 4.90 Å². The summed E-state index contributed by atoms with van der Waals surface area (Å²) in [5, 5.41) is 3.39. The fraction of sp³-hybridized carbons (Fsp3) is 0.440. The van der Waals surface area contributed by atoms with Crippen LogP contribution in [0, 0.1) is 0 Å². The Balaban J connectivity index is 1.22. The summed E-state index contributed by atoms with van der Waals surface area (Å²) in [6, 6.07) is 10.5. The number of benzene rings is 1. The number of hydrogen-bond donors (Lipinski definition) is 0. The molecule has 9 nitrogen and oxygen atoms in total. The normalized spacial score (nSPS) is 18.9. The molecule has 0 radical (unpaired) electrons. The molecule has 2 aliphatic rings. The summed E-state index contributed by atoms with van der Waals surface area (Å²) >= 11 is 0. The van der Waals surface area contributed by atoms with Gasteiger partial charge in [0.15, 0.2) is 0 Å². The van der Waals surface area contributed by atoms with E-state index in [2.05, 4.69) is 63.6 Å². The molecule has 2 aromatic heterocycles. The van der Waals surface area contributed by atoms with Crippen molar-refractivity contribution in [1.82, 2.24) is 29.9 Å². The zero-order valence-corrected chi connectivity index (χ0v) is 20.2. The van der Waals surface area contributed by atoms with Crippen molar-refractivity contribution < 1.29 is 22.4 Å². The summed E-state index contributed by atoms with van der Waals surface area (Å²) < 4.78 is 48.0. The Bertz CT molecular complexity index is 1160. The number of anilines is 1. The molecule has 2 saturated heterocycles. The smallest absolute Gasteiger partial charge is 0.379 e. The fourth-order valence-electron chi connectivity index (χ4n) is 4.44. The van der Waals surface area contributed by atoms with Crippen molar-refractivity contribution in [3.05, 3.63) is 60.3 Å². The Hall–Kier alpha value is -3.35. The zero-order chi connectivity index (χ0) is 25.7. The van der Waals surface area contributed by atoms with Crippen LogP contribution >= 0.6 is 0 Å². The van der Waals surface area contributed by atoms with E-state index < -0.39 is 12.1 Å². The molecule has 1 unspecified atom stereocenters. The minimum Gasteiger partial charge on any atom is -0.379 e. The number of halogens is 3. The molecular weight excluding hydrogens is 487 g/mol. The average molecular weight is 516 g/mol. The first kappa shape index (κ1) is 25.3. The average Bonchev–Trinajstić information content (AvgIpc) is 3.44. The maximum atomic E-state index is 12.7. The first-order valence-electron chi connectivity index (χ1n) is 12.2. The molecule has 5 rings (SSSR count). The molecular formula is C25H28F3N7O2. The van der Waals surface area contributed by atoms with Crippen LogP contribution in [0.2, 0.25) is 0 Å². The van der Waals surface area contributed by atoms with Gasteiger partial charge >= 0.3 is 12.1 Å². The van der Waals surface area contributed by atoms with Crippen molar-refractivity contribution in [2.75, 3.05) is 63.9 Å². The number of ether oxygens (including phenoxy) is 1. The second-order valence-electron chi connectivity index (χ2n) is 8.97. The molecule has 0 amide bonds. The minimum atomic E-state index is -4.69. The number of rotatable bonds is 7. The van der Waals surface area contributed by atoms with Crippen LogP contribution in [0.4, 0.5) is 19.1 Å². The number of morpholine rings is 1. The highest BCUT2D eigenvalue weighted by molar-refractivity contribution is 5.52. The van der Waals surface area contributed by atoms with Crippen molar-refractivity contribution in [2.24, 2.45) is 0 Å². The molecule has 2 fully saturated rings. The van der Waals surface area contributed by atoms with Crippen molar-refractivity contribution in [1.29, 1.82) is 0 Å². The van der Waals surface area contributed by atoms with Gasteiger partial charge in [0, 0.05) is 64.2 Å². The van der Waals surface area contributed by atoms with Crippen molar-refractivity contribution >= 4 is 12.0 Å². The molecule has 1 atom stereocenters. The molecule has 196 valence electrons. The Morgan fingerprint density at radius 3 is 2.30 bits per heavy atom. The molecule has 1 aromatic carbocycles. The summed E-state index contributed by atoms with van der Waals surface area (Å²) in [6.45, 7) is 7.45. The molecule has 0 bridgehead atoms. The topological polar surface area (TPSA) is 83.7 Å². The summed E-state index contributed by atoms with van der Waals surface area (Å²) in [4.78, 5) is 19.1. The third kappa shape index (κ3) is 6.51. The van der Waals surface area contributed by atoms with Crippen molar-refractivity contribution in [3.8, 4) is 11.4 Å². The van der Waals surface area contributed by atoms with Crippen LogP contribution in [-0.2, 0) is 10.9 Å². The molecule has 12 heteroatoms. The maximum absolute atomic E-state index is 12.7. The monoisotopic (exact) mass is 515 g/mol. The lowest BCUT2D eigenvalue weighted by Gasteiger charge is -2.40. The van der Waals surface area contributed by atoms with Gasteiger partial charge in [-0.2, -0.15) is 18.2 Å². The van der Waals surface area contributed by atoms with E-state index in [0.29, 0.717) is 5.95 Å². The molecule has 0 aliphatic carbocycles. The third-order valence-corrected chi connectivity index (χ3v) is 6.49. The number of piperazine rings is 1. The van der Waals surface area contributed by atoms with Gasteiger partial charge in [0.25, 0.3) is 0 Å². The van der Waals surface area contributed by atoms with E-state index >= 15 is 0 Å². The standard InChI is InChI=1S/C25H28F3N7O2/c26-25(27,28)23-31-22(32-37-23)20-16-29-24(30-17-20)35-10-8-34(9-11-35)21(18-33-12-14-36-15-13-33)7-6-19-4-2-1-3-5-19/h1-7,16-17,21H,8-15,18H2. The lowest BCUT2D eigenvalue weighted by atomic mass is 10.1. The number of alkyl halides is 3. The highest BCUT2D eigenvalue weighted by Gasteiger charge is 2.38. The lowest BCUT2D eigenvalue weighted by Crippen LogP contribution is -2.54. The minimum absolute atomic E-state index is 0.195. The summed E-state index contributed by atoms with van der Waals surface area (Å²) in [6.07, 6.45) is 2.61. The zero-order valence-electron chi connectivity index (χ0n) is 20.2. The summed E-state index contributed by atoms with van der Waals surface area (Å²) in [7, 11) is 0. The van der Waals surface area contributed by atoms with E-state index in [1.807, 2.05) is 18.2 Å². The van der Waals surface area contributed by atoms with Gasteiger partial charge in [0.05, 0.1) is 18.8 Å². The molecule has 0 spiro atoms. The Morgan fingerprint density at radius 1 is 0.946 bits per heavy atom. The van der Waals surface area contributed by atoms with Crippen LogP contribution in [0.15, 0.2) is 53.3 Å². The van der Waals surface area contributed by atoms with Crippen LogP contribution in [0.3, 0.4) is 0 Å². The van der Waals surface area contributed by atoms with Gasteiger partial charge in [-0.1, -0.05) is 47.6 Å². The first-order valence-corrected chi connectivity index (χ1v) is 12.2. The quantitative estimate of drug-likeness (QED) is 0.471. The van der Waals surface area contributed by atoms with Gasteiger partial charge in [-0.25, -0.2) is 9.97 Å². The van der Waals surface area contributed by atoms with E-state index in [9.17, 15) is 13.2 Å². The predicted molar refractivity (Wildman–Crippen MR) is 131 cm³/mol. The Morgan fingerprint density at radius 2 is 1.65 bits per heavy atom. The number of aromatic nitrogens is 4. The first-order chi connectivity index (χ1) is 18.0. The van der Waals surface area contributed by atoms with Gasteiger partial charge in [-0.05, 0) is 5.56 Å². The molecule has 3 aromatic rings. The molecule has 37 heavy (non-hydrogen) atoms. The SMILES string of the molecule is FC(F)(F)c1nc(-c2cnc(N3CCN(C(C=Cc4ccccc4)CN4CCOCC4)CC3)nc2)no1. The van der Waals surface area contributed by atoms with Crippen LogP contribution in [0.5, 0.6) is 0 Å². The van der Waals surface area contributed by atoms with E-state index in [-0.39, 0.29) is 17.4 Å². The second kappa shape index (κ2) is 11.4. The highest BCUT2D eigenvalue weighted by atomic mass is 19.4. The van der Waals surface area contributed by atoms with Gasteiger partial charge in [-0.15, -0.1) is 0 Å². The van der Waals surface area contributed by atoms with Crippen molar-refractivity contribution in [2.45, 2.75) is 12.2 Å². The summed E-state index contributed by atoms with van der Waals surface area (Å²) in [5.41, 5.74) is 1.43. The molecule has 0 saturated carbocycles. The molecule has 2 aliphatic heterocycles. The van der Waals surface area contributed by atoms with Gasteiger partial charge in [0.1, 0.15) is 0 Å². The molecule has 4 heterocycles. The van der Waals surface area contributed by atoms with Gasteiger partial charge < -0.3 is 14.2 Å².